The molecule has 1 heterocycles. The Hall–Kier alpha value is -1.14. The molecule has 3 atom stereocenters. The van der Waals surface area contributed by atoms with Gasteiger partial charge >= 0.3 is 0 Å². The molecule has 0 spiro atoms. The third kappa shape index (κ3) is 16.3. The molecule has 4 aliphatic rings. The monoisotopic (exact) mass is 731 g/mol. The number of rotatable bonds is 7. The van der Waals surface area contributed by atoms with Crippen molar-refractivity contribution in [2.24, 2.45) is 51.8 Å². The van der Waals surface area contributed by atoms with Crippen LogP contribution in [0.1, 0.15) is 180 Å². The lowest BCUT2D eigenvalue weighted by Crippen LogP contribution is -2.50. The van der Waals surface area contributed by atoms with Crippen LogP contribution in [0, 0.1) is 51.8 Å². The molecule has 0 aromatic rings. The van der Waals surface area contributed by atoms with E-state index in [0.29, 0.717) is 34.7 Å². The van der Waals surface area contributed by atoms with Gasteiger partial charge in [-0.2, -0.15) is 0 Å². The maximum atomic E-state index is 11.3. The fourth-order valence-corrected chi connectivity index (χ4v) is 9.42. The molecule has 4 rings (SSSR count). The molecule has 306 valence electrons. The van der Waals surface area contributed by atoms with Gasteiger partial charge in [0.1, 0.15) is 0 Å². The standard InChI is InChI=1S/C17H34N2.C15H29NO.C14H27NO/c1-14(17(2,3)4)15-6-8-16(9-7-15)19-12-10-18(5)11-13-19;1-6-14(17)16-13-9-7-12(8-10-13)11(2)15(3,4)5;1-10(14(3,4)5)12-6-8-13(9-7-12)15-11(2)16/h14-16H,6-13H2,1-5H3;11-13H,6-10H2,1-5H3,(H,16,17);10,12-13H,6-9H2,1-5H3,(H,15,16)/t14-,15?,16?;11-,12?,13?;10-,12?,13?/m111/s1. The zero-order valence-electron chi connectivity index (χ0n) is 37.4. The minimum atomic E-state index is 0.118. The van der Waals surface area contributed by atoms with Gasteiger partial charge in [-0.1, -0.05) is 90.0 Å². The topological polar surface area (TPSA) is 64.7 Å². The van der Waals surface area contributed by atoms with E-state index in [1.54, 1.807) is 6.92 Å². The Bertz CT molecular complexity index is 1010. The van der Waals surface area contributed by atoms with E-state index in [4.69, 9.17) is 0 Å². The molecule has 0 unspecified atom stereocenters. The predicted octanol–water partition coefficient (Wildman–Crippen LogP) is 10.6. The zero-order valence-corrected chi connectivity index (χ0v) is 37.4. The number of piperazine rings is 1. The second kappa shape index (κ2) is 21.2. The second-order valence-corrected chi connectivity index (χ2v) is 21.2. The van der Waals surface area contributed by atoms with Crippen LogP contribution >= 0.6 is 0 Å². The molecule has 52 heavy (non-hydrogen) atoms. The van der Waals surface area contributed by atoms with Crippen molar-refractivity contribution in [3.63, 3.8) is 0 Å². The number of nitrogens with one attached hydrogen (secondary N) is 2. The minimum Gasteiger partial charge on any atom is -0.354 e. The average Bonchev–Trinajstić information content (AvgIpc) is 3.07. The summed E-state index contributed by atoms with van der Waals surface area (Å²) in [6, 6.07) is 1.75. The normalized spacial score (nSPS) is 30.0. The molecule has 2 amide bonds. The van der Waals surface area contributed by atoms with Crippen LogP contribution in [0.25, 0.3) is 0 Å². The van der Waals surface area contributed by atoms with Crippen molar-refractivity contribution in [1.82, 2.24) is 20.4 Å². The van der Waals surface area contributed by atoms with Gasteiger partial charge in [-0.15, -0.1) is 0 Å². The van der Waals surface area contributed by atoms with Crippen LogP contribution in [0.4, 0.5) is 0 Å². The maximum absolute atomic E-state index is 11.3. The average molecular weight is 731 g/mol. The molecule has 3 saturated carbocycles. The third-order valence-electron chi connectivity index (χ3n) is 14.7. The molecule has 1 aliphatic heterocycles. The van der Waals surface area contributed by atoms with Crippen LogP contribution in [0.5, 0.6) is 0 Å². The Labute approximate surface area is 324 Å². The van der Waals surface area contributed by atoms with Gasteiger partial charge in [-0.25, -0.2) is 0 Å². The quantitative estimate of drug-likeness (QED) is 0.274. The number of carbonyl (C=O) groups excluding carboxylic acids is 2. The number of hydrogen-bond acceptors (Lipinski definition) is 4. The van der Waals surface area contributed by atoms with Crippen LogP contribution < -0.4 is 10.6 Å². The van der Waals surface area contributed by atoms with E-state index in [9.17, 15) is 9.59 Å². The first kappa shape index (κ1) is 47.0. The fourth-order valence-electron chi connectivity index (χ4n) is 9.42. The minimum absolute atomic E-state index is 0.118. The highest BCUT2D eigenvalue weighted by molar-refractivity contribution is 5.75. The summed E-state index contributed by atoms with van der Waals surface area (Å²) in [5.41, 5.74) is 1.29. The van der Waals surface area contributed by atoms with Gasteiger partial charge in [0.2, 0.25) is 11.8 Å². The van der Waals surface area contributed by atoms with E-state index in [1.807, 2.05) is 6.92 Å². The Morgan fingerprint density at radius 2 is 0.885 bits per heavy atom. The van der Waals surface area contributed by atoms with Crippen molar-refractivity contribution in [2.45, 2.75) is 199 Å². The molecule has 6 heteroatoms. The third-order valence-corrected chi connectivity index (χ3v) is 14.7. The highest BCUT2D eigenvalue weighted by atomic mass is 16.2. The number of likely N-dealkylation sites (N-methyl/N-ethyl adjacent to an activating group) is 1. The zero-order chi connectivity index (χ0) is 39.4. The highest BCUT2D eigenvalue weighted by Gasteiger charge is 2.35. The van der Waals surface area contributed by atoms with Gasteiger partial charge in [-0.05, 0) is 136 Å². The Morgan fingerprint density at radius 1 is 0.558 bits per heavy atom. The summed E-state index contributed by atoms with van der Waals surface area (Å²) < 4.78 is 0. The molecule has 3 aliphatic carbocycles. The van der Waals surface area contributed by atoms with Gasteiger partial charge in [0.15, 0.2) is 0 Å². The number of nitrogens with zero attached hydrogens (tertiary/aromatic N) is 2. The maximum Gasteiger partial charge on any atom is 0.219 e. The fraction of sp³-hybridized carbons (Fsp3) is 0.957. The van der Waals surface area contributed by atoms with Gasteiger partial charge < -0.3 is 15.5 Å². The largest absolute Gasteiger partial charge is 0.354 e. The van der Waals surface area contributed by atoms with Crippen molar-refractivity contribution in [3.8, 4) is 0 Å². The molecular formula is C46H90N4O2. The van der Waals surface area contributed by atoms with Crippen LogP contribution in [-0.2, 0) is 9.59 Å². The van der Waals surface area contributed by atoms with E-state index in [1.165, 1.54) is 77.5 Å². The van der Waals surface area contributed by atoms with Crippen LogP contribution in [0.15, 0.2) is 0 Å². The molecule has 0 bridgehead atoms. The molecular weight excluding hydrogens is 641 g/mol. The Balaban J connectivity index is 0.000000271. The first-order valence-electron chi connectivity index (χ1n) is 22.0. The molecule has 6 nitrogen and oxygen atoms in total. The van der Waals surface area contributed by atoms with Crippen LogP contribution in [0.2, 0.25) is 0 Å². The SMILES string of the molecule is CC(=O)NC1CCC([C@@H](C)C(C)(C)C)CC1.CCC(=O)NC1CCC([C@@H](C)C(C)(C)C)CC1.C[C@H](C1CCC(N2CCN(C)CC2)CC1)C(C)(C)C. The Kier molecular flexibility index (Phi) is 19.2. The van der Waals surface area contributed by atoms with Crippen molar-refractivity contribution in [1.29, 1.82) is 0 Å². The van der Waals surface area contributed by atoms with Gasteiger partial charge in [0.05, 0.1) is 0 Å². The lowest BCUT2D eigenvalue weighted by atomic mass is 9.68. The van der Waals surface area contributed by atoms with Gasteiger partial charge in [0, 0.05) is 57.6 Å². The predicted molar refractivity (Wildman–Crippen MR) is 224 cm³/mol. The highest BCUT2D eigenvalue weighted by Crippen LogP contribution is 2.42. The van der Waals surface area contributed by atoms with Crippen LogP contribution in [0.3, 0.4) is 0 Å². The lowest BCUT2D eigenvalue weighted by molar-refractivity contribution is -0.122. The van der Waals surface area contributed by atoms with Crippen LogP contribution in [-0.4, -0.2) is 73.0 Å². The van der Waals surface area contributed by atoms with E-state index in [2.05, 4.69) is 111 Å². The summed E-state index contributed by atoms with van der Waals surface area (Å²) in [5, 5.41) is 6.17. The lowest BCUT2D eigenvalue weighted by Gasteiger charge is -2.44. The number of hydrogen-bond donors (Lipinski definition) is 2. The van der Waals surface area contributed by atoms with Crippen molar-refractivity contribution in [2.75, 3.05) is 33.2 Å². The summed E-state index contributed by atoms with van der Waals surface area (Å²) in [6.07, 6.45) is 16.1. The molecule has 4 fully saturated rings. The first-order valence-corrected chi connectivity index (χ1v) is 22.0. The van der Waals surface area contributed by atoms with E-state index in [0.717, 1.165) is 67.2 Å². The van der Waals surface area contributed by atoms with E-state index in [-0.39, 0.29) is 11.8 Å². The number of carbonyl (C=O) groups is 2. The molecule has 1 saturated heterocycles. The molecule has 0 aromatic heterocycles. The first-order chi connectivity index (χ1) is 24.0. The summed E-state index contributed by atoms with van der Waals surface area (Å²) >= 11 is 0. The molecule has 0 aromatic carbocycles. The summed E-state index contributed by atoms with van der Waals surface area (Å²) in [5.74, 6) is 5.36. The van der Waals surface area contributed by atoms with Crippen molar-refractivity contribution < 1.29 is 9.59 Å². The van der Waals surface area contributed by atoms with E-state index >= 15 is 0 Å². The summed E-state index contributed by atoms with van der Waals surface area (Å²) in [6.45, 7) is 37.1. The summed E-state index contributed by atoms with van der Waals surface area (Å²) in [4.78, 5) is 27.5. The van der Waals surface area contributed by atoms with E-state index < -0.39 is 0 Å². The van der Waals surface area contributed by atoms with Crippen molar-refractivity contribution in [3.05, 3.63) is 0 Å². The van der Waals surface area contributed by atoms with Gasteiger partial charge in [0.25, 0.3) is 0 Å². The molecule has 2 N–H and O–H groups in total. The second-order valence-electron chi connectivity index (χ2n) is 21.2. The van der Waals surface area contributed by atoms with Crippen molar-refractivity contribution >= 4 is 11.8 Å². The Morgan fingerprint density at radius 3 is 1.19 bits per heavy atom. The smallest absolute Gasteiger partial charge is 0.219 e. The van der Waals surface area contributed by atoms with Gasteiger partial charge in [-0.3, -0.25) is 14.5 Å². The summed E-state index contributed by atoms with van der Waals surface area (Å²) in [7, 11) is 2.25. The molecule has 0 radical (unpaired) electrons. The number of amides is 2.